The van der Waals surface area contributed by atoms with Gasteiger partial charge in [-0.1, -0.05) is 6.42 Å². The molecule has 2 aliphatic rings. The third-order valence-electron chi connectivity index (χ3n) is 4.40. The molecular formula is C14H16FNO. The van der Waals surface area contributed by atoms with Gasteiger partial charge in [-0.05, 0) is 43.1 Å². The number of pyridine rings is 1. The summed E-state index contributed by atoms with van der Waals surface area (Å²) < 4.78 is 13.4. The Morgan fingerprint density at radius 3 is 2.94 bits per heavy atom. The molecule has 3 rings (SSSR count). The highest BCUT2D eigenvalue weighted by Crippen LogP contribution is 2.49. The zero-order chi connectivity index (χ0) is 11.8. The molecule has 3 unspecified atom stereocenters. The van der Waals surface area contributed by atoms with E-state index < -0.39 is 5.82 Å². The Hall–Kier alpha value is -1.25. The minimum absolute atomic E-state index is 0.0533. The summed E-state index contributed by atoms with van der Waals surface area (Å²) in [6.07, 6.45) is 8.17. The smallest absolute Gasteiger partial charge is 0.166 e. The van der Waals surface area contributed by atoms with Crippen molar-refractivity contribution in [3.63, 3.8) is 0 Å². The molecule has 1 aromatic heterocycles. The predicted octanol–water partition coefficient (Wildman–Crippen LogP) is 3.23. The molecule has 1 aromatic rings. The van der Waals surface area contributed by atoms with E-state index in [-0.39, 0.29) is 11.3 Å². The molecule has 0 N–H and O–H groups in total. The van der Waals surface area contributed by atoms with E-state index in [9.17, 15) is 9.18 Å². The van der Waals surface area contributed by atoms with Crippen molar-refractivity contribution in [2.75, 3.05) is 0 Å². The zero-order valence-corrected chi connectivity index (χ0v) is 9.73. The molecule has 0 saturated heterocycles. The number of ketones is 1. The number of carbonyl (C=O) groups is 1. The molecule has 2 bridgehead atoms. The molecule has 17 heavy (non-hydrogen) atoms. The molecule has 0 amide bonds. The topological polar surface area (TPSA) is 30.0 Å². The van der Waals surface area contributed by atoms with Crippen LogP contribution in [0.1, 0.15) is 42.5 Å². The predicted molar refractivity (Wildman–Crippen MR) is 62.1 cm³/mol. The Morgan fingerprint density at radius 1 is 1.41 bits per heavy atom. The Bertz CT molecular complexity index is 446. The summed E-state index contributed by atoms with van der Waals surface area (Å²) in [5, 5.41) is 0. The van der Waals surface area contributed by atoms with E-state index in [0.29, 0.717) is 18.3 Å². The summed E-state index contributed by atoms with van der Waals surface area (Å²) in [4.78, 5) is 15.7. The van der Waals surface area contributed by atoms with Gasteiger partial charge in [-0.25, -0.2) is 4.39 Å². The number of Topliss-reactive ketones (excluding diaryl/α,β-unsaturated/α-hetero) is 1. The van der Waals surface area contributed by atoms with Gasteiger partial charge in [-0.15, -0.1) is 0 Å². The third-order valence-corrected chi connectivity index (χ3v) is 4.40. The number of rotatable bonds is 3. The van der Waals surface area contributed by atoms with Crippen LogP contribution in [0.5, 0.6) is 0 Å². The van der Waals surface area contributed by atoms with Crippen LogP contribution in [0.15, 0.2) is 18.5 Å². The van der Waals surface area contributed by atoms with E-state index in [4.69, 9.17) is 0 Å². The minimum atomic E-state index is -0.486. The Morgan fingerprint density at radius 2 is 2.29 bits per heavy atom. The van der Waals surface area contributed by atoms with Crippen LogP contribution in [-0.4, -0.2) is 10.8 Å². The average Bonchev–Trinajstić information content (AvgIpc) is 2.91. The summed E-state index contributed by atoms with van der Waals surface area (Å²) in [6.45, 7) is 0. The summed E-state index contributed by atoms with van der Waals surface area (Å²) >= 11 is 0. The van der Waals surface area contributed by atoms with E-state index in [1.54, 1.807) is 0 Å². The second-order valence-corrected chi connectivity index (χ2v) is 5.42. The van der Waals surface area contributed by atoms with Crippen LogP contribution >= 0.6 is 0 Å². The highest BCUT2D eigenvalue weighted by atomic mass is 19.1. The van der Waals surface area contributed by atoms with Crippen LogP contribution in [0.25, 0.3) is 0 Å². The maximum atomic E-state index is 13.4. The van der Waals surface area contributed by atoms with Gasteiger partial charge in [0.05, 0.1) is 11.8 Å². The molecule has 1 heterocycles. The molecule has 2 aliphatic carbocycles. The SMILES string of the molecule is O=C(CC1CC2CCC1C2)c1ccncc1F. The highest BCUT2D eigenvalue weighted by molar-refractivity contribution is 5.96. The van der Waals surface area contributed by atoms with Crippen LogP contribution in [0.2, 0.25) is 0 Å². The first-order valence-corrected chi connectivity index (χ1v) is 6.36. The highest BCUT2D eigenvalue weighted by Gasteiger charge is 2.40. The minimum Gasteiger partial charge on any atom is -0.294 e. The van der Waals surface area contributed by atoms with Gasteiger partial charge >= 0.3 is 0 Å². The Balaban J connectivity index is 1.70. The molecule has 0 aliphatic heterocycles. The van der Waals surface area contributed by atoms with Gasteiger partial charge in [0.15, 0.2) is 11.6 Å². The lowest BCUT2D eigenvalue weighted by Gasteiger charge is -2.20. The van der Waals surface area contributed by atoms with E-state index in [0.717, 1.165) is 12.1 Å². The van der Waals surface area contributed by atoms with E-state index >= 15 is 0 Å². The average molecular weight is 233 g/mol. The Kier molecular flexibility index (Phi) is 2.69. The fourth-order valence-electron chi connectivity index (χ4n) is 3.58. The third kappa shape index (κ3) is 1.99. The van der Waals surface area contributed by atoms with Crippen molar-refractivity contribution in [1.82, 2.24) is 4.98 Å². The fourth-order valence-corrected chi connectivity index (χ4v) is 3.58. The first-order chi connectivity index (χ1) is 8.24. The summed E-state index contributed by atoms with van der Waals surface area (Å²) in [5.41, 5.74) is 0.211. The van der Waals surface area contributed by atoms with Crippen molar-refractivity contribution in [1.29, 1.82) is 0 Å². The summed E-state index contributed by atoms with van der Waals surface area (Å²) in [6, 6.07) is 1.49. The molecule has 90 valence electrons. The molecule has 0 aromatic carbocycles. The van der Waals surface area contributed by atoms with Crippen molar-refractivity contribution < 1.29 is 9.18 Å². The zero-order valence-electron chi connectivity index (χ0n) is 9.73. The maximum Gasteiger partial charge on any atom is 0.166 e. The van der Waals surface area contributed by atoms with Gasteiger partial charge in [0.2, 0.25) is 0 Å². The molecule has 3 heteroatoms. The fraction of sp³-hybridized carbons (Fsp3) is 0.571. The largest absolute Gasteiger partial charge is 0.294 e. The van der Waals surface area contributed by atoms with Gasteiger partial charge in [0.1, 0.15) is 0 Å². The van der Waals surface area contributed by atoms with Gasteiger partial charge < -0.3 is 0 Å². The molecule has 2 nitrogen and oxygen atoms in total. The number of nitrogens with zero attached hydrogens (tertiary/aromatic N) is 1. The standard InChI is InChI=1S/C14H16FNO/c15-13-8-16-4-3-12(13)14(17)7-11-6-9-1-2-10(11)5-9/h3-4,8-11H,1-2,5-7H2. The van der Waals surface area contributed by atoms with E-state index in [1.165, 1.54) is 37.9 Å². The molecule has 2 fully saturated rings. The van der Waals surface area contributed by atoms with E-state index in [1.807, 2.05) is 0 Å². The van der Waals surface area contributed by atoms with E-state index in [2.05, 4.69) is 4.98 Å². The number of carbonyl (C=O) groups excluding carboxylic acids is 1. The van der Waals surface area contributed by atoms with Crippen LogP contribution in [0, 0.1) is 23.6 Å². The van der Waals surface area contributed by atoms with Crippen molar-refractivity contribution in [3.05, 3.63) is 29.8 Å². The number of aromatic nitrogens is 1. The van der Waals surface area contributed by atoms with Crippen molar-refractivity contribution in [3.8, 4) is 0 Å². The van der Waals surface area contributed by atoms with Crippen LogP contribution in [0.3, 0.4) is 0 Å². The maximum absolute atomic E-state index is 13.4. The number of hydrogen-bond donors (Lipinski definition) is 0. The number of hydrogen-bond acceptors (Lipinski definition) is 2. The first kappa shape index (κ1) is 10.9. The normalized spacial score (nSPS) is 30.8. The van der Waals surface area contributed by atoms with Gasteiger partial charge in [0.25, 0.3) is 0 Å². The molecule has 3 atom stereocenters. The number of halogens is 1. The second-order valence-electron chi connectivity index (χ2n) is 5.42. The second kappa shape index (κ2) is 4.21. The van der Waals surface area contributed by atoms with Crippen molar-refractivity contribution in [2.24, 2.45) is 17.8 Å². The van der Waals surface area contributed by atoms with Gasteiger partial charge in [0, 0.05) is 12.6 Å². The van der Waals surface area contributed by atoms with Crippen LogP contribution < -0.4 is 0 Å². The van der Waals surface area contributed by atoms with Crippen molar-refractivity contribution >= 4 is 5.78 Å². The lowest BCUT2D eigenvalue weighted by Crippen LogP contribution is -2.16. The monoisotopic (exact) mass is 233 g/mol. The molecule has 2 saturated carbocycles. The van der Waals surface area contributed by atoms with Crippen LogP contribution in [-0.2, 0) is 0 Å². The Labute approximate surface area is 100 Å². The van der Waals surface area contributed by atoms with Crippen molar-refractivity contribution in [2.45, 2.75) is 32.1 Å². The van der Waals surface area contributed by atoms with Gasteiger partial charge in [-0.2, -0.15) is 0 Å². The lowest BCUT2D eigenvalue weighted by atomic mass is 9.84. The summed E-state index contributed by atoms with van der Waals surface area (Å²) in [7, 11) is 0. The summed E-state index contributed by atoms with van der Waals surface area (Å²) in [5.74, 6) is 1.51. The molecule has 0 radical (unpaired) electrons. The molecular weight excluding hydrogens is 217 g/mol. The van der Waals surface area contributed by atoms with Crippen LogP contribution in [0.4, 0.5) is 4.39 Å². The number of fused-ring (bicyclic) bond motifs is 2. The molecule has 0 spiro atoms. The van der Waals surface area contributed by atoms with Gasteiger partial charge in [-0.3, -0.25) is 9.78 Å². The lowest BCUT2D eigenvalue weighted by molar-refractivity contribution is 0.0940. The first-order valence-electron chi connectivity index (χ1n) is 6.36. The quantitative estimate of drug-likeness (QED) is 0.750.